The van der Waals surface area contributed by atoms with E-state index in [1.807, 2.05) is 6.92 Å². The zero-order chi connectivity index (χ0) is 12.9. The highest BCUT2D eigenvalue weighted by Gasteiger charge is 2.30. The van der Waals surface area contributed by atoms with E-state index in [1.54, 1.807) is 0 Å². The number of hydrogen-bond acceptors (Lipinski definition) is 1. The van der Waals surface area contributed by atoms with Crippen molar-refractivity contribution in [1.29, 1.82) is 5.26 Å². The summed E-state index contributed by atoms with van der Waals surface area (Å²) in [7, 11) is 0. The van der Waals surface area contributed by atoms with Crippen LogP contribution < -0.4 is 0 Å². The van der Waals surface area contributed by atoms with Gasteiger partial charge in [-0.25, -0.2) is 0 Å². The van der Waals surface area contributed by atoms with Crippen molar-refractivity contribution in [2.75, 3.05) is 0 Å². The monoisotopic (exact) mass is 241 g/mol. The summed E-state index contributed by atoms with van der Waals surface area (Å²) in [6, 6.07) is 6.99. The Labute approximate surface area is 98.9 Å². The summed E-state index contributed by atoms with van der Waals surface area (Å²) >= 11 is 0. The van der Waals surface area contributed by atoms with E-state index in [0.717, 1.165) is 25.0 Å². The van der Waals surface area contributed by atoms with Crippen LogP contribution in [0.4, 0.5) is 13.2 Å². The van der Waals surface area contributed by atoms with E-state index in [9.17, 15) is 13.2 Å². The van der Waals surface area contributed by atoms with E-state index in [1.165, 1.54) is 12.1 Å². The van der Waals surface area contributed by atoms with E-state index in [2.05, 4.69) is 6.07 Å². The molecule has 1 atom stereocenters. The van der Waals surface area contributed by atoms with Gasteiger partial charge in [-0.2, -0.15) is 18.4 Å². The molecule has 0 N–H and O–H groups in total. The fourth-order valence-electron chi connectivity index (χ4n) is 1.62. The van der Waals surface area contributed by atoms with Gasteiger partial charge in [-0.3, -0.25) is 0 Å². The van der Waals surface area contributed by atoms with Gasteiger partial charge in [-0.15, -0.1) is 0 Å². The number of halogens is 3. The molecule has 17 heavy (non-hydrogen) atoms. The normalized spacial score (nSPS) is 13.1. The van der Waals surface area contributed by atoms with Gasteiger partial charge in [0.25, 0.3) is 0 Å². The molecule has 0 saturated carbocycles. The van der Waals surface area contributed by atoms with Crippen LogP contribution in [0.3, 0.4) is 0 Å². The first-order chi connectivity index (χ1) is 7.99. The van der Waals surface area contributed by atoms with Crippen molar-refractivity contribution in [3.8, 4) is 6.07 Å². The van der Waals surface area contributed by atoms with Crippen LogP contribution in [-0.4, -0.2) is 0 Å². The molecule has 0 spiro atoms. The molecule has 1 aromatic carbocycles. The maximum Gasteiger partial charge on any atom is 0.416 e. The van der Waals surface area contributed by atoms with Gasteiger partial charge in [0.1, 0.15) is 0 Å². The van der Waals surface area contributed by atoms with Gasteiger partial charge < -0.3 is 0 Å². The standard InChI is InChI=1S/C13H14F3N/c1-2-3-4-11(9-17)10-5-7-12(8-6-10)13(14,15)16/h5-8,11H,2-4H2,1H3. The van der Waals surface area contributed by atoms with Crippen molar-refractivity contribution >= 4 is 0 Å². The Morgan fingerprint density at radius 2 is 1.82 bits per heavy atom. The van der Waals surface area contributed by atoms with Gasteiger partial charge >= 0.3 is 6.18 Å². The van der Waals surface area contributed by atoms with Gasteiger partial charge in [0, 0.05) is 0 Å². The van der Waals surface area contributed by atoms with Crippen molar-refractivity contribution in [1.82, 2.24) is 0 Å². The van der Waals surface area contributed by atoms with Crippen molar-refractivity contribution in [2.45, 2.75) is 38.3 Å². The molecule has 0 radical (unpaired) electrons. The second-order valence-electron chi connectivity index (χ2n) is 3.94. The topological polar surface area (TPSA) is 23.8 Å². The number of alkyl halides is 3. The van der Waals surface area contributed by atoms with E-state index >= 15 is 0 Å². The summed E-state index contributed by atoms with van der Waals surface area (Å²) in [5.41, 5.74) is -0.0117. The summed E-state index contributed by atoms with van der Waals surface area (Å²) < 4.78 is 37.0. The summed E-state index contributed by atoms with van der Waals surface area (Å²) in [6.07, 6.45) is -1.75. The maximum absolute atomic E-state index is 12.3. The molecular formula is C13H14F3N. The van der Waals surface area contributed by atoms with Gasteiger partial charge in [0.2, 0.25) is 0 Å². The fraction of sp³-hybridized carbons (Fsp3) is 0.462. The molecule has 0 amide bonds. The van der Waals surface area contributed by atoms with Crippen LogP contribution in [0.15, 0.2) is 24.3 Å². The zero-order valence-corrected chi connectivity index (χ0v) is 9.59. The molecule has 1 unspecified atom stereocenters. The SMILES string of the molecule is CCCCC(C#N)c1ccc(C(F)(F)F)cc1. The van der Waals surface area contributed by atoms with E-state index in [-0.39, 0.29) is 5.92 Å². The summed E-state index contributed by atoms with van der Waals surface area (Å²) in [4.78, 5) is 0. The zero-order valence-electron chi connectivity index (χ0n) is 9.59. The highest BCUT2D eigenvalue weighted by atomic mass is 19.4. The molecule has 0 saturated heterocycles. The van der Waals surface area contributed by atoms with Crippen LogP contribution in [0.1, 0.15) is 43.2 Å². The fourth-order valence-corrected chi connectivity index (χ4v) is 1.62. The lowest BCUT2D eigenvalue weighted by Crippen LogP contribution is -2.05. The van der Waals surface area contributed by atoms with Gasteiger partial charge in [0.05, 0.1) is 17.6 Å². The Bertz CT molecular complexity index is 387. The second-order valence-corrected chi connectivity index (χ2v) is 3.94. The molecule has 0 aliphatic rings. The van der Waals surface area contributed by atoms with Gasteiger partial charge in [-0.05, 0) is 24.1 Å². The Balaban J connectivity index is 2.83. The third-order valence-corrected chi connectivity index (χ3v) is 2.64. The van der Waals surface area contributed by atoms with Crippen molar-refractivity contribution in [2.24, 2.45) is 0 Å². The van der Waals surface area contributed by atoms with Crippen LogP contribution in [-0.2, 0) is 6.18 Å². The molecule has 0 aliphatic heterocycles. The molecule has 1 aromatic rings. The summed E-state index contributed by atoms with van der Waals surface area (Å²) in [5, 5.41) is 8.96. The second kappa shape index (κ2) is 5.72. The van der Waals surface area contributed by atoms with Crippen LogP contribution in [0.5, 0.6) is 0 Å². The third-order valence-electron chi connectivity index (χ3n) is 2.64. The Morgan fingerprint density at radius 1 is 1.24 bits per heavy atom. The highest BCUT2D eigenvalue weighted by molar-refractivity contribution is 5.30. The third kappa shape index (κ3) is 3.77. The van der Waals surface area contributed by atoms with Crippen molar-refractivity contribution < 1.29 is 13.2 Å². The largest absolute Gasteiger partial charge is 0.416 e. The van der Waals surface area contributed by atoms with Crippen LogP contribution in [0.25, 0.3) is 0 Å². The minimum atomic E-state index is -4.32. The molecule has 0 aromatic heterocycles. The minimum absolute atomic E-state index is 0.308. The van der Waals surface area contributed by atoms with Gasteiger partial charge in [0.15, 0.2) is 0 Å². The van der Waals surface area contributed by atoms with E-state index in [0.29, 0.717) is 12.0 Å². The lowest BCUT2D eigenvalue weighted by molar-refractivity contribution is -0.137. The number of nitriles is 1. The quantitative estimate of drug-likeness (QED) is 0.761. The first kappa shape index (κ1) is 13.6. The van der Waals surface area contributed by atoms with Crippen LogP contribution in [0.2, 0.25) is 0 Å². The number of benzene rings is 1. The Morgan fingerprint density at radius 3 is 2.24 bits per heavy atom. The van der Waals surface area contributed by atoms with E-state index in [4.69, 9.17) is 5.26 Å². The number of unbranched alkanes of at least 4 members (excludes halogenated alkanes) is 1. The average Bonchev–Trinajstić information content (AvgIpc) is 2.29. The molecule has 4 heteroatoms. The first-order valence-electron chi connectivity index (χ1n) is 5.55. The molecule has 0 bridgehead atoms. The lowest BCUT2D eigenvalue weighted by Gasteiger charge is -2.11. The Hall–Kier alpha value is -1.50. The number of rotatable bonds is 4. The van der Waals surface area contributed by atoms with Crippen LogP contribution >= 0.6 is 0 Å². The molecule has 0 heterocycles. The molecular weight excluding hydrogens is 227 g/mol. The first-order valence-corrected chi connectivity index (χ1v) is 5.55. The number of hydrogen-bond donors (Lipinski definition) is 0. The lowest BCUT2D eigenvalue weighted by atomic mass is 9.94. The van der Waals surface area contributed by atoms with Crippen molar-refractivity contribution in [3.63, 3.8) is 0 Å². The smallest absolute Gasteiger partial charge is 0.198 e. The van der Waals surface area contributed by atoms with Crippen molar-refractivity contribution in [3.05, 3.63) is 35.4 Å². The average molecular weight is 241 g/mol. The highest BCUT2D eigenvalue weighted by Crippen LogP contribution is 2.30. The minimum Gasteiger partial charge on any atom is -0.198 e. The predicted molar refractivity (Wildman–Crippen MR) is 59.3 cm³/mol. The molecule has 0 aliphatic carbocycles. The molecule has 0 fully saturated rings. The predicted octanol–water partition coefficient (Wildman–Crippen LogP) is 4.50. The molecule has 1 rings (SSSR count). The number of nitrogens with zero attached hydrogens (tertiary/aromatic N) is 1. The summed E-state index contributed by atoms with van der Waals surface area (Å²) in [5.74, 6) is -0.308. The summed E-state index contributed by atoms with van der Waals surface area (Å²) in [6.45, 7) is 2.02. The van der Waals surface area contributed by atoms with E-state index < -0.39 is 11.7 Å². The van der Waals surface area contributed by atoms with Crippen LogP contribution in [0, 0.1) is 11.3 Å². The molecule has 1 nitrogen and oxygen atoms in total. The molecule has 92 valence electrons. The van der Waals surface area contributed by atoms with Gasteiger partial charge in [-0.1, -0.05) is 31.9 Å². The Kier molecular flexibility index (Phi) is 4.56. The maximum atomic E-state index is 12.3.